The quantitative estimate of drug-likeness (QED) is 0.846. The van der Waals surface area contributed by atoms with E-state index in [2.05, 4.69) is 0 Å². The average molecular weight is 285 g/mol. The highest BCUT2D eigenvalue weighted by molar-refractivity contribution is 5.85. The average Bonchev–Trinajstić information content (AvgIpc) is 2.28. The molecule has 0 spiro atoms. The molecule has 0 aromatic carbocycles. The Kier molecular flexibility index (Phi) is 4.72. The molecule has 0 saturated heterocycles. The molecular weight excluding hydrogens is 258 g/mol. The number of carbonyl (C=O) groups is 2. The zero-order chi connectivity index (χ0) is 15.7. The van der Waals surface area contributed by atoms with Crippen LogP contribution >= 0.6 is 0 Å². The van der Waals surface area contributed by atoms with Gasteiger partial charge < -0.3 is 9.84 Å². The van der Waals surface area contributed by atoms with Crippen molar-refractivity contribution in [1.29, 1.82) is 0 Å². The molecule has 5 heteroatoms. The van der Waals surface area contributed by atoms with Gasteiger partial charge in [0.05, 0.1) is 0 Å². The number of amides is 1. The molecule has 1 rings (SSSR count). The van der Waals surface area contributed by atoms with E-state index in [0.29, 0.717) is 6.42 Å². The summed E-state index contributed by atoms with van der Waals surface area (Å²) >= 11 is 0. The second-order valence-corrected chi connectivity index (χ2v) is 7.06. The number of carbonyl (C=O) groups excluding carboxylic acids is 1. The molecule has 0 bridgehead atoms. The molecule has 1 saturated carbocycles. The van der Waals surface area contributed by atoms with Crippen molar-refractivity contribution in [2.75, 3.05) is 7.05 Å². The molecule has 1 aliphatic rings. The van der Waals surface area contributed by atoms with E-state index in [1.807, 2.05) is 13.8 Å². The van der Waals surface area contributed by atoms with Gasteiger partial charge in [0, 0.05) is 7.05 Å². The van der Waals surface area contributed by atoms with Gasteiger partial charge in [-0.1, -0.05) is 20.3 Å². The lowest BCUT2D eigenvalue weighted by atomic mass is 9.69. The third-order valence-corrected chi connectivity index (χ3v) is 4.20. The van der Waals surface area contributed by atoms with Crippen LogP contribution in [0.15, 0.2) is 0 Å². The third kappa shape index (κ3) is 3.25. The maximum Gasteiger partial charge on any atom is 0.410 e. The fourth-order valence-electron chi connectivity index (χ4n) is 3.01. The number of ether oxygens (including phenoxy) is 1. The molecule has 1 fully saturated rings. The number of carboxylic acid groups (broad SMARTS) is 1. The summed E-state index contributed by atoms with van der Waals surface area (Å²) in [6, 6.07) is 0. The molecule has 0 heterocycles. The minimum atomic E-state index is -1.17. The highest BCUT2D eigenvalue weighted by Crippen LogP contribution is 2.41. The van der Waals surface area contributed by atoms with Crippen molar-refractivity contribution in [2.45, 2.75) is 65.0 Å². The first-order chi connectivity index (χ1) is 9.00. The predicted molar refractivity (Wildman–Crippen MR) is 76.5 cm³/mol. The van der Waals surface area contributed by atoms with Gasteiger partial charge in [0.15, 0.2) is 0 Å². The SMILES string of the molecule is CC1CCC(C)C(C(=O)O)(N(C)C(=O)OC(C)(C)C)C1. The minimum absolute atomic E-state index is 0.0891. The molecular formula is C15H27NO4. The van der Waals surface area contributed by atoms with Crippen LogP contribution in [-0.4, -0.2) is 40.3 Å². The largest absolute Gasteiger partial charge is 0.479 e. The van der Waals surface area contributed by atoms with Crippen molar-refractivity contribution in [3.8, 4) is 0 Å². The number of hydrogen-bond acceptors (Lipinski definition) is 3. The summed E-state index contributed by atoms with van der Waals surface area (Å²) in [7, 11) is 1.54. The van der Waals surface area contributed by atoms with Gasteiger partial charge in [-0.15, -0.1) is 0 Å². The van der Waals surface area contributed by atoms with Gasteiger partial charge in [-0.2, -0.15) is 0 Å². The van der Waals surface area contributed by atoms with Crippen molar-refractivity contribution in [3.05, 3.63) is 0 Å². The van der Waals surface area contributed by atoms with E-state index in [0.717, 1.165) is 12.8 Å². The van der Waals surface area contributed by atoms with E-state index >= 15 is 0 Å². The van der Waals surface area contributed by atoms with Crippen LogP contribution in [0.25, 0.3) is 0 Å². The van der Waals surface area contributed by atoms with E-state index in [4.69, 9.17) is 4.74 Å². The van der Waals surface area contributed by atoms with Crippen LogP contribution in [0.4, 0.5) is 4.79 Å². The van der Waals surface area contributed by atoms with E-state index in [-0.39, 0.29) is 11.8 Å². The molecule has 0 radical (unpaired) electrons. The maximum atomic E-state index is 12.3. The number of carboxylic acids is 1. The van der Waals surface area contributed by atoms with Gasteiger partial charge in [0.1, 0.15) is 11.1 Å². The lowest BCUT2D eigenvalue weighted by molar-refractivity contribution is -0.158. The zero-order valence-corrected chi connectivity index (χ0v) is 13.4. The molecule has 0 aromatic rings. The summed E-state index contributed by atoms with van der Waals surface area (Å²) in [5.74, 6) is -0.745. The lowest BCUT2D eigenvalue weighted by Gasteiger charge is -2.47. The maximum absolute atomic E-state index is 12.3. The zero-order valence-electron chi connectivity index (χ0n) is 13.4. The fraction of sp³-hybridized carbons (Fsp3) is 0.867. The van der Waals surface area contributed by atoms with Crippen LogP contribution in [0.1, 0.15) is 53.9 Å². The third-order valence-electron chi connectivity index (χ3n) is 4.20. The Bertz CT molecular complexity index is 388. The Morgan fingerprint density at radius 3 is 2.25 bits per heavy atom. The van der Waals surface area contributed by atoms with E-state index in [1.54, 1.807) is 20.8 Å². The van der Waals surface area contributed by atoms with Gasteiger partial charge in [0.2, 0.25) is 0 Å². The number of nitrogens with zero attached hydrogens (tertiary/aromatic N) is 1. The molecule has 3 unspecified atom stereocenters. The molecule has 0 aliphatic heterocycles. The van der Waals surface area contributed by atoms with E-state index in [9.17, 15) is 14.7 Å². The molecule has 116 valence electrons. The first-order valence-electron chi connectivity index (χ1n) is 7.21. The van der Waals surface area contributed by atoms with Crippen molar-refractivity contribution in [3.63, 3.8) is 0 Å². The Morgan fingerprint density at radius 2 is 1.80 bits per heavy atom. The number of likely N-dealkylation sites (N-methyl/N-ethyl adjacent to an activating group) is 1. The number of rotatable bonds is 2. The summed E-state index contributed by atoms with van der Waals surface area (Å²) in [5, 5.41) is 9.75. The molecule has 1 N–H and O–H groups in total. The molecule has 1 aliphatic carbocycles. The second-order valence-electron chi connectivity index (χ2n) is 7.06. The number of hydrogen-bond donors (Lipinski definition) is 1. The van der Waals surface area contributed by atoms with Crippen molar-refractivity contribution >= 4 is 12.1 Å². The first kappa shape index (κ1) is 16.8. The van der Waals surface area contributed by atoms with Gasteiger partial charge in [0.25, 0.3) is 0 Å². The topological polar surface area (TPSA) is 66.8 Å². The highest BCUT2D eigenvalue weighted by Gasteiger charge is 2.52. The van der Waals surface area contributed by atoms with Gasteiger partial charge in [-0.05, 0) is 45.4 Å². The van der Waals surface area contributed by atoms with Crippen molar-refractivity contribution in [1.82, 2.24) is 4.90 Å². The number of aliphatic carboxylic acids is 1. The van der Waals surface area contributed by atoms with Crippen molar-refractivity contribution in [2.24, 2.45) is 11.8 Å². The fourth-order valence-corrected chi connectivity index (χ4v) is 3.01. The van der Waals surface area contributed by atoms with Crippen LogP contribution in [0, 0.1) is 11.8 Å². The molecule has 0 aromatic heterocycles. The summed E-state index contributed by atoms with van der Waals surface area (Å²) in [6.07, 6.45) is 1.71. The highest BCUT2D eigenvalue weighted by atomic mass is 16.6. The summed E-state index contributed by atoms with van der Waals surface area (Å²) in [4.78, 5) is 25.4. The molecule has 3 atom stereocenters. The Morgan fingerprint density at radius 1 is 1.25 bits per heavy atom. The standard InChI is InChI=1S/C15H27NO4/c1-10-7-8-11(2)15(9-10,12(17)18)16(6)13(19)20-14(3,4)5/h10-11H,7-9H2,1-6H3,(H,17,18). The Hall–Kier alpha value is -1.26. The predicted octanol–water partition coefficient (Wildman–Crippen LogP) is 3.13. The van der Waals surface area contributed by atoms with Crippen LogP contribution in [-0.2, 0) is 9.53 Å². The molecule has 20 heavy (non-hydrogen) atoms. The van der Waals surface area contributed by atoms with Crippen LogP contribution in [0.2, 0.25) is 0 Å². The summed E-state index contributed by atoms with van der Waals surface area (Å²) < 4.78 is 5.34. The molecule has 5 nitrogen and oxygen atoms in total. The summed E-state index contributed by atoms with van der Waals surface area (Å²) in [6.45, 7) is 9.27. The van der Waals surface area contributed by atoms with Crippen LogP contribution in [0.5, 0.6) is 0 Å². The molecule has 1 amide bonds. The van der Waals surface area contributed by atoms with E-state index in [1.165, 1.54) is 11.9 Å². The minimum Gasteiger partial charge on any atom is -0.479 e. The monoisotopic (exact) mass is 285 g/mol. The van der Waals surface area contributed by atoms with Gasteiger partial charge >= 0.3 is 12.1 Å². The van der Waals surface area contributed by atoms with Crippen molar-refractivity contribution < 1.29 is 19.4 Å². The lowest BCUT2D eigenvalue weighted by Crippen LogP contribution is -2.62. The van der Waals surface area contributed by atoms with Crippen LogP contribution < -0.4 is 0 Å². The second kappa shape index (κ2) is 5.62. The smallest absolute Gasteiger partial charge is 0.410 e. The van der Waals surface area contributed by atoms with Gasteiger partial charge in [-0.3, -0.25) is 4.90 Å². The Balaban J connectivity index is 3.06. The van der Waals surface area contributed by atoms with Gasteiger partial charge in [-0.25, -0.2) is 9.59 Å². The normalized spacial score (nSPS) is 30.7. The van der Waals surface area contributed by atoms with E-state index < -0.39 is 23.2 Å². The van der Waals surface area contributed by atoms with Crippen LogP contribution in [0.3, 0.4) is 0 Å². The first-order valence-corrected chi connectivity index (χ1v) is 7.21. The summed E-state index contributed by atoms with van der Waals surface area (Å²) in [5.41, 5.74) is -1.80. The Labute approximate surface area is 121 Å².